The number of amides is 1. The van der Waals surface area contributed by atoms with Crippen molar-refractivity contribution in [3.8, 4) is 0 Å². The van der Waals surface area contributed by atoms with Gasteiger partial charge in [0, 0.05) is 19.3 Å². The Labute approximate surface area is 143 Å². The molecular formula is C17H17FN6O. The van der Waals surface area contributed by atoms with Gasteiger partial charge in [-0.25, -0.2) is 19.3 Å². The zero-order chi connectivity index (χ0) is 17.4. The number of nitrogens with one attached hydrogen (secondary N) is 2. The van der Waals surface area contributed by atoms with Gasteiger partial charge in [0.15, 0.2) is 5.82 Å². The number of carbonyl (C=O) groups is 1. The van der Waals surface area contributed by atoms with Gasteiger partial charge in [0.2, 0.25) is 0 Å². The van der Waals surface area contributed by atoms with Crippen molar-refractivity contribution < 1.29 is 9.18 Å². The van der Waals surface area contributed by atoms with Crippen LogP contribution in [0.4, 0.5) is 10.2 Å². The number of imidazole rings is 1. The molecule has 3 heterocycles. The fourth-order valence-corrected chi connectivity index (χ4v) is 3.22. The number of hydrogen-bond donors (Lipinski definition) is 2. The number of carbonyl (C=O) groups excluding carboxylic acids is 1. The van der Waals surface area contributed by atoms with Crippen LogP contribution in [0.25, 0.3) is 11.0 Å². The van der Waals surface area contributed by atoms with Gasteiger partial charge in [0.05, 0.1) is 22.9 Å². The number of benzene rings is 1. The molecule has 1 aliphatic rings. The van der Waals surface area contributed by atoms with E-state index >= 15 is 0 Å². The first-order chi connectivity index (χ1) is 12.1. The van der Waals surface area contributed by atoms with E-state index in [4.69, 9.17) is 0 Å². The quantitative estimate of drug-likeness (QED) is 0.760. The number of fused-ring (bicyclic) bond motifs is 1. The van der Waals surface area contributed by atoms with Crippen molar-refractivity contribution >= 4 is 22.8 Å². The summed E-state index contributed by atoms with van der Waals surface area (Å²) in [5.74, 6) is -0.225. The van der Waals surface area contributed by atoms with Gasteiger partial charge in [0.1, 0.15) is 17.7 Å². The number of nitrogens with zero attached hydrogens (tertiary/aromatic N) is 4. The van der Waals surface area contributed by atoms with E-state index in [1.165, 1.54) is 18.7 Å². The van der Waals surface area contributed by atoms with E-state index in [1.807, 2.05) is 13.0 Å². The molecule has 1 fully saturated rings. The lowest BCUT2D eigenvalue weighted by Crippen LogP contribution is -2.48. The van der Waals surface area contributed by atoms with Crippen LogP contribution in [-0.2, 0) is 0 Å². The fourth-order valence-electron chi connectivity index (χ4n) is 3.22. The molecular weight excluding hydrogens is 323 g/mol. The van der Waals surface area contributed by atoms with Crippen molar-refractivity contribution in [2.24, 2.45) is 0 Å². The third-order valence-electron chi connectivity index (χ3n) is 4.55. The highest BCUT2D eigenvalue weighted by Crippen LogP contribution is 2.26. The second-order valence-corrected chi connectivity index (χ2v) is 6.48. The Kier molecular flexibility index (Phi) is 3.60. The molecule has 1 saturated heterocycles. The van der Waals surface area contributed by atoms with Crippen LogP contribution in [-0.4, -0.2) is 44.5 Å². The zero-order valence-electron chi connectivity index (χ0n) is 13.7. The Balaban J connectivity index is 1.53. The minimum absolute atomic E-state index is 0.00121. The molecule has 1 amide bonds. The first-order valence-electron chi connectivity index (χ1n) is 8.01. The SMILES string of the molecule is CC1(NC(=O)c2ccc3[nH]cnc3c2F)CCN(c2ccncn2)C1. The largest absolute Gasteiger partial charge is 0.354 e. The number of hydrogen-bond acceptors (Lipinski definition) is 5. The lowest BCUT2D eigenvalue weighted by atomic mass is 10.0. The molecule has 1 aliphatic heterocycles. The van der Waals surface area contributed by atoms with Crippen LogP contribution in [0.5, 0.6) is 0 Å². The van der Waals surface area contributed by atoms with Crippen molar-refractivity contribution in [1.82, 2.24) is 25.3 Å². The van der Waals surface area contributed by atoms with Gasteiger partial charge in [-0.1, -0.05) is 0 Å². The summed E-state index contributed by atoms with van der Waals surface area (Å²) in [5, 5.41) is 2.97. The summed E-state index contributed by atoms with van der Waals surface area (Å²) in [5.41, 5.74) is 0.277. The average Bonchev–Trinajstić information content (AvgIpc) is 3.23. The molecule has 1 aromatic carbocycles. The van der Waals surface area contributed by atoms with Crippen molar-refractivity contribution in [2.75, 3.05) is 18.0 Å². The summed E-state index contributed by atoms with van der Waals surface area (Å²) in [6, 6.07) is 4.97. The molecule has 2 aromatic heterocycles. The molecule has 0 aliphatic carbocycles. The topological polar surface area (TPSA) is 86.8 Å². The number of halogens is 1. The van der Waals surface area contributed by atoms with E-state index in [0.717, 1.165) is 18.8 Å². The van der Waals surface area contributed by atoms with Gasteiger partial charge >= 0.3 is 0 Å². The molecule has 1 atom stereocenters. The predicted molar refractivity (Wildman–Crippen MR) is 90.8 cm³/mol. The number of rotatable bonds is 3. The van der Waals surface area contributed by atoms with E-state index < -0.39 is 17.3 Å². The third kappa shape index (κ3) is 2.79. The molecule has 128 valence electrons. The van der Waals surface area contributed by atoms with E-state index in [2.05, 4.69) is 30.2 Å². The van der Waals surface area contributed by atoms with Crippen LogP contribution in [0.3, 0.4) is 0 Å². The van der Waals surface area contributed by atoms with Gasteiger partial charge in [-0.15, -0.1) is 0 Å². The maximum atomic E-state index is 14.5. The highest BCUT2D eigenvalue weighted by Gasteiger charge is 2.36. The van der Waals surface area contributed by atoms with Crippen LogP contribution in [0.2, 0.25) is 0 Å². The van der Waals surface area contributed by atoms with Crippen LogP contribution < -0.4 is 10.2 Å². The summed E-state index contributed by atoms with van der Waals surface area (Å²) in [6.45, 7) is 3.31. The number of aromatic amines is 1. The Morgan fingerprint density at radius 2 is 2.24 bits per heavy atom. The van der Waals surface area contributed by atoms with Gasteiger partial charge in [-0.3, -0.25) is 4.79 Å². The Morgan fingerprint density at radius 1 is 1.36 bits per heavy atom. The van der Waals surface area contributed by atoms with E-state index in [-0.39, 0.29) is 11.1 Å². The molecule has 0 radical (unpaired) electrons. The first kappa shape index (κ1) is 15.5. The van der Waals surface area contributed by atoms with Crippen LogP contribution in [0.1, 0.15) is 23.7 Å². The molecule has 2 N–H and O–H groups in total. The van der Waals surface area contributed by atoms with Crippen LogP contribution in [0.15, 0.2) is 37.1 Å². The third-order valence-corrected chi connectivity index (χ3v) is 4.55. The number of H-pyrrole nitrogens is 1. The van der Waals surface area contributed by atoms with Gasteiger partial charge in [-0.2, -0.15) is 0 Å². The maximum absolute atomic E-state index is 14.5. The monoisotopic (exact) mass is 340 g/mol. The standard InChI is InChI=1S/C17H17FN6O/c1-17(5-7-24(8-17)13-4-6-19-9-21-13)23-16(25)11-2-3-12-15(14(11)18)22-10-20-12/h2-4,6,9-10H,5,7-8H2,1H3,(H,20,22)(H,23,25). The molecule has 25 heavy (non-hydrogen) atoms. The molecule has 8 heteroatoms. The van der Waals surface area contributed by atoms with Crippen molar-refractivity contribution in [1.29, 1.82) is 0 Å². The second-order valence-electron chi connectivity index (χ2n) is 6.48. The van der Waals surface area contributed by atoms with Gasteiger partial charge in [0.25, 0.3) is 5.91 Å². The van der Waals surface area contributed by atoms with E-state index in [0.29, 0.717) is 12.1 Å². The minimum atomic E-state index is -0.606. The molecule has 0 spiro atoms. The lowest BCUT2D eigenvalue weighted by molar-refractivity contribution is 0.0910. The highest BCUT2D eigenvalue weighted by molar-refractivity contribution is 5.98. The summed E-state index contributed by atoms with van der Waals surface area (Å²) >= 11 is 0. The average molecular weight is 340 g/mol. The van der Waals surface area contributed by atoms with E-state index in [1.54, 1.807) is 12.3 Å². The molecule has 1 unspecified atom stereocenters. The lowest BCUT2D eigenvalue weighted by Gasteiger charge is -2.26. The molecule has 0 saturated carbocycles. The van der Waals surface area contributed by atoms with E-state index in [9.17, 15) is 9.18 Å². The van der Waals surface area contributed by atoms with Gasteiger partial charge in [-0.05, 0) is 31.5 Å². The van der Waals surface area contributed by atoms with Crippen molar-refractivity contribution in [3.05, 3.63) is 48.4 Å². The maximum Gasteiger partial charge on any atom is 0.254 e. The summed E-state index contributed by atoms with van der Waals surface area (Å²) in [7, 11) is 0. The van der Waals surface area contributed by atoms with Crippen molar-refractivity contribution in [2.45, 2.75) is 18.9 Å². The molecule has 3 aromatic rings. The zero-order valence-corrected chi connectivity index (χ0v) is 13.7. The number of aromatic nitrogens is 4. The Hall–Kier alpha value is -3.03. The van der Waals surface area contributed by atoms with Gasteiger partial charge < -0.3 is 15.2 Å². The first-order valence-corrected chi connectivity index (χ1v) is 8.01. The summed E-state index contributed by atoms with van der Waals surface area (Å²) in [4.78, 5) is 29.6. The summed E-state index contributed by atoms with van der Waals surface area (Å²) in [6.07, 6.45) is 5.34. The predicted octanol–water partition coefficient (Wildman–Crippen LogP) is 1.89. The minimum Gasteiger partial charge on any atom is -0.354 e. The van der Waals surface area contributed by atoms with Crippen LogP contribution in [0, 0.1) is 5.82 Å². The van der Waals surface area contributed by atoms with Crippen LogP contribution >= 0.6 is 0 Å². The Morgan fingerprint density at radius 3 is 3.04 bits per heavy atom. The highest BCUT2D eigenvalue weighted by atomic mass is 19.1. The smallest absolute Gasteiger partial charge is 0.254 e. The molecule has 7 nitrogen and oxygen atoms in total. The number of anilines is 1. The summed E-state index contributed by atoms with van der Waals surface area (Å²) < 4.78 is 14.5. The molecule has 4 rings (SSSR count). The Bertz CT molecular complexity index is 927. The second kappa shape index (κ2) is 5.80. The molecule has 0 bridgehead atoms. The van der Waals surface area contributed by atoms with Crippen molar-refractivity contribution in [3.63, 3.8) is 0 Å². The fraction of sp³-hybridized carbons (Fsp3) is 0.294. The normalized spacial score (nSPS) is 20.2.